The zero-order chi connectivity index (χ0) is 14.9. The number of ether oxygens (including phenoxy) is 1. The van der Waals surface area contributed by atoms with Gasteiger partial charge in [-0.15, -0.1) is 0 Å². The molecule has 2 rings (SSSR count). The SMILES string of the molecule is COc1ccc(N)c(C(=O)c2cc(C)c(F)cc2Cl)c1. The molecule has 0 bridgehead atoms. The predicted octanol–water partition coefficient (Wildman–Crippen LogP) is 3.61. The lowest BCUT2D eigenvalue weighted by Gasteiger charge is -2.09. The third-order valence-electron chi connectivity index (χ3n) is 3.00. The molecular weight excluding hydrogens is 281 g/mol. The summed E-state index contributed by atoms with van der Waals surface area (Å²) in [6, 6.07) is 7.31. The van der Waals surface area contributed by atoms with Gasteiger partial charge in [-0.2, -0.15) is 0 Å². The summed E-state index contributed by atoms with van der Waals surface area (Å²) < 4.78 is 18.5. The highest BCUT2D eigenvalue weighted by Crippen LogP contribution is 2.27. The number of carbonyl (C=O) groups is 1. The normalized spacial score (nSPS) is 10.4. The molecule has 0 atom stereocenters. The van der Waals surface area contributed by atoms with Crippen molar-refractivity contribution in [3.8, 4) is 5.75 Å². The van der Waals surface area contributed by atoms with E-state index in [4.69, 9.17) is 22.1 Å². The van der Waals surface area contributed by atoms with Crippen LogP contribution in [-0.4, -0.2) is 12.9 Å². The molecule has 2 aromatic carbocycles. The second-order valence-corrected chi connectivity index (χ2v) is 4.77. The molecule has 0 aliphatic rings. The van der Waals surface area contributed by atoms with Crippen LogP contribution in [0.4, 0.5) is 10.1 Å². The quantitative estimate of drug-likeness (QED) is 0.695. The van der Waals surface area contributed by atoms with E-state index < -0.39 is 5.82 Å². The molecule has 0 aliphatic carbocycles. The number of aryl methyl sites for hydroxylation is 1. The second kappa shape index (κ2) is 5.51. The van der Waals surface area contributed by atoms with Crippen LogP contribution < -0.4 is 10.5 Å². The van der Waals surface area contributed by atoms with Crippen LogP contribution in [-0.2, 0) is 0 Å². The van der Waals surface area contributed by atoms with E-state index in [0.717, 1.165) is 6.07 Å². The van der Waals surface area contributed by atoms with Gasteiger partial charge in [0, 0.05) is 16.8 Å². The van der Waals surface area contributed by atoms with Crippen molar-refractivity contribution in [1.82, 2.24) is 0 Å². The van der Waals surface area contributed by atoms with Crippen molar-refractivity contribution in [3.05, 3.63) is 57.9 Å². The minimum Gasteiger partial charge on any atom is -0.497 e. The van der Waals surface area contributed by atoms with Crippen molar-refractivity contribution >= 4 is 23.1 Å². The van der Waals surface area contributed by atoms with Crippen LogP contribution in [0.1, 0.15) is 21.5 Å². The lowest BCUT2D eigenvalue weighted by atomic mass is 9.99. The van der Waals surface area contributed by atoms with Crippen molar-refractivity contribution in [1.29, 1.82) is 0 Å². The van der Waals surface area contributed by atoms with Crippen LogP contribution >= 0.6 is 11.6 Å². The van der Waals surface area contributed by atoms with Crippen molar-refractivity contribution < 1.29 is 13.9 Å². The van der Waals surface area contributed by atoms with Crippen LogP contribution in [0.5, 0.6) is 5.75 Å². The van der Waals surface area contributed by atoms with Crippen molar-refractivity contribution in [2.24, 2.45) is 0 Å². The van der Waals surface area contributed by atoms with Gasteiger partial charge in [0.15, 0.2) is 5.78 Å². The first-order valence-electron chi connectivity index (χ1n) is 5.88. The van der Waals surface area contributed by atoms with Gasteiger partial charge >= 0.3 is 0 Å². The summed E-state index contributed by atoms with van der Waals surface area (Å²) >= 11 is 5.94. The Bertz CT molecular complexity index is 686. The summed E-state index contributed by atoms with van der Waals surface area (Å²) in [5, 5.41) is 0.0559. The maximum Gasteiger partial charge on any atom is 0.196 e. The lowest BCUT2D eigenvalue weighted by molar-refractivity contribution is 0.103. The first-order valence-corrected chi connectivity index (χ1v) is 6.25. The van der Waals surface area contributed by atoms with Gasteiger partial charge in [0.25, 0.3) is 0 Å². The van der Waals surface area contributed by atoms with E-state index in [-0.39, 0.29) is 21.9 Å². The van der Waals surface area contributed by atoms with Gasteiger partial charge in [-0.25, -0.2) is 4.39 Å². The van der Waals surface area contributed by atoms with E-state index in [1.54, 1.807) is 19.1 Å². The number of nitrogen functional groups attached to an aromatic ring is 1. The average molecular weight is 294 g/mol. The summed E-state index contributed by atoms with van der Waals surface area (Å²) in [7, 11) is 1.49. The first-order chi connectivity index (χ1) is 9.43. The Balaban J connectivity index is 2.54. The minimum absolute atomic E-state index is 0.0559. The number of carbonyl (C=O) groups excluding carboxylic acids is 1. The number of hydrogen-bond donors (Lipinski definition) is 1. The van der Waals surface area contributed by atoms with Crippen LogP contribution in [0.25, 0.3) is 0 Å². The van der Waals surface area contributed by atoms with E-state index in [0.29, 0.717) is 17.0 Å². The molecule has 0 unspecified atom stereocenters. The van der Waals surface area contributed by atoms with E-state index in [9.17, 15) is 9.18 Å². The Morgan fingerprint density at radius 1 is 1.25 bits per heavy atom. The summed E-state index contributed by atoms with van der Waals surface area (Å²) in [6.45, 7) is 1.57. The van der Waals surface area contributed by atoms with Gasteiger partial charge in [-0.05, 0) is 42.8 Å². The summed E-state index contributed by atoms with van der Waals surface area (Å²) in [5.41, 5.74) is 6.96. The van der Waals surface area contributed by atoms with Gasteiger partial charge in [0.05, 0.1) is 12.1 Å². The molecule has 2 aromatic rings. The first kappa shape index (κ1) is 14.3. The third-order valence-corrected chi connectivity index (χ3v) is 3.31. The van der Waals surface area contributed by atoms with Crippen LogP contribution in [0.15, 0.2) is 30.3 Å². The van der Waals surface area contributed by atoms with Gasteiger partial charge in [-0.3, -0.25) is 4.79 Å². The average Bonchev–Trinajstić information content (AvgIpc) is 2.42. The number of ketones is 1. The highest BCUT2D eigenvalue weighted by Gasteiger charge is 2.18. The van der Waals surface area contributed by atoms with Gasteiger partial charge in [0.1, 0.15) is 11.6 Å². The van der Waals surface area contributed by atoms with Crippen LogP contribution in [0.3, 0.4) is 0 Å². The Morgan fingerprint density at radius 2 is 1.95 bits per heavy atom. The zero-order valence-corrected chi connectivity index (χ0v) is 11.8. The smallest absolute Gasteiger partial charge is 0.196 e. The maximum absolute atomic E-state index is 13.4. The summed E-state index contributed by atoms with van der Waals surface area (Å²) in [6.07, 6.45) is 0. The fourth-order valence-electron chi connectivity index (χ4n) is 1.84. The van der Waals surface area contributed by atoms with Crippen LogP contribution in [0, 0.1) is 12.7 Å². The van der Waals surface area contributed by atoms with E-state index in [1.807, 2.05) is 0 Å². The highest BCUT2D eigenvalue weighted by molar-refractivity contribution is 6.35. The molecule has 0 radical (unpaired) electrons. The Labute approximate surface area is 121 Å². The molecule has 0 aliphatic heterocycles. The van der Waals surface area contributed by atoms with Crippen LogP contribution in [0.2, 0.25) is 5.02 Å². The van der Waals surface area contributed by atoms with Gasteiger partial charge < -0.3 is 10.5 Å². The Morgan fingerprint density at radius 3 is 2.60 bits per heavy atom. The number of nitrogens with two attached hydrogens (primary N) is 1. The molecule has 5 heteroatoms. The number of rotatable bonds is 3. The predicted molar refractivity (Wildman–Crippen MR) is 77.0 cm³/mol. The largest absolute Gasteiger partial charge is 0.497 e. The molecule has 0 heterocycles. The second-order valence-electron chi connectivity index (χ2n) is 4.36. The number of methoxy groups -OCH3 is 1. The Kier molecular flexibility index (Phi) is 3.95. The molecule has 0 spiro atoms. The maximum atomic E-state index is 13.4. The molecule has 3 nitrogen and oxygen atoms in total. The molecule has 20 heavy (non-hydrogen) atoms. The summed E-state index contributed by atoms with van der Waals surface area (Å²) in [4.78, 5) is 12.5. The number of hydrogen-bond acceptors (Lipinski definition) is 3. The molecule has 0 amide bonds. The van der Waals surface area contributed by atoms with Crippen molar-refractivity contribution in [2.45, 2.75) is 6.92 Å². The molecule has 0 saturated heterocycles. The topological polar surface area (TPSA) is 52.3 Å². The molecule has 0 aromatic heterocycles. The third kappa shape index (κ3) is 2.60. The minimum atomic E-state index is -0.454. The van der Waals surface area contributed by atoms with E-state index in [1.165, 1.54) is 19.2 Å². The highest BCUT2D eigenvalue weighted by atomic mass is 35.5. The monoisotopic (exact) mass is 293 g/mol. The van der Waals surface area contributed by atoms with Crippen molar-refractivity contribution in [3.63, 3.8) is 0 Å². The van der Waals surface area contributed by atoms with Gasteiger partial charge in [0.2, 0.25) is 0 Å². The standard InChI is InChI=1S/C15H13ClFNO2/c1-8-5-10(12(16)7-13(8)17)15(19)11-6-9(20-2)3-4-14(11)18/h3-7H,18H2,1-2H3. The number of halogens is 2. The lowest BCUT2D eigenvalue weighted by Crippen LogP contribution is -2.07. The fraction of sp³-hybridized carbons (Fsp3) is 0.133. The van der Waals surface area contributed by atoms with Gasteiger partial charge in [-0.1, -0.05) is 11.6 Å². The molecular formula is C15H13ClFNO2. The summed E-state index contributed by atoms with van der Waals surface area (Å²) in [5.74, 6) is -0.308. The molecule has 0 fully saturated rings. The fourth-order valence-corrected chi connectivity index (χ4v) is 2.07. The molecule has 0 saturated carbocycles. The molecule has 104 valence electrons. The van der Waals surface area contributed by atoms with E-state index in [2.05, 4.69) is 0 Å². The number of anilines is 1. The number of benzene rings is 2. The van der Waals surface area contributed by atoms with Crippen molar-refractivity contribution in [2.75, 3.05) is 12.8 Å². The molecule has 2 N–H and O–H groups in total. The van der Waals surface area contributed by atoms with E-state index >= 15 is 0 Å². The zero-order valence-electron chi connectivity index (χ0n) is 11.0. The Hall–Kier alpha value is -2.07.